The summed E-state index contributed by atoms with van der Waals surface area (Å²) in [5.41, 5.74) is 6.23. The van der Waals surface area contributed by atoms with Crippen LogP contribution < -0.4 is 10.4 Å². The zero-order valence-electron chi connectivity index (χ0n) is 9.38. The number of hydrogen-bond acceptors (Lipinski definition) is 0. The van der Waals surface area contributed by atoms with Gasteiger partial charge < -0.3 is 4.98 Å². The summed E-state index contributed by atoms with van der Waals surface area (Å²) in [7, 11) is 0. The van der Waals surface area contributed by atoms with Crippen molar-refractivity contribution in [3.8, 4) is 22.4 Å². The van der Waals surface area contributed by atoms with Gasteiger partial charge in [0, 0.05) is 27.6 Å². The van der Waals surface area contributed by atoms with E-state index in [1.807, 2.05) is 12.1 Å². The molecule has 17 heavy (non-hydrogen) atoms. The molecule has 0 bridgehead atoms. The molecule has 0 saturated carbocycles. The van der Waals surface area contributed by atoms with Crippen LogP contribution in [0.3, 0.4) is 0 Å². The first kappa shape index (κ1) is 8.82. The lowest BCUT2D eigenvalue weighted by Crippen LogP contribution is -2.20. The van der Waals surface area contributed by atoms with Gasteiger partial charge in [0.05, 0.1) is 5.69 Å². The Hall–Kier alpha value is -2.28. The number of rotatable bonds is 0. The number of aromatic amines is 1. The van der Waals surface area contributed by atoms with Gasteiger partial charge in [-0.05, 0) is 16.5 Å². The Morgan fingerprint density at radius 3 is 2.29 bits per heavy atom. The Labute approximate surface area is 98.7 Å². The number of hydrogen-bond donors (Lipinski definition) is 1. The van der Waals surface area contributed by atoms with E-state index < -0.39 is 0 Å². The molecule has 0 amide bonds. The highest BCUT2D eigenvalue weighted by Crippen LogP contribution is 2.46. The van der Waals surface area contributed by atoms with Gasteiger partial charge in [-0.3, -0.25) is 0 Å². The highest BCUT2D eigenvalue weighted by atomic mass is 14.7. The molecule has 0 fully saturated rings. The highest BCUT2D eigenvalue weighted by Gasteiger charge is 2.27. The number of benzene rings is 2. The zero-order chi connectivity index (χ0) is 11.6. The van der Waals surface area contributed by atoms with Crippen LogP contribution in [-0.2, 0) is 0 Å². The highest BCUT2D eigenvalue weighted by molar-refractivity contribution is 6.14. The fraction of sp³-hybridized carbons (Fsp3) is 0. The van der Waals surface area contributed by atoms with E-state index in [1.54, 1.807) is 0 Å². The van der Waals surface area contributed by atoms with Crippen molar-refractivity contribution < 1.29 is 0 Å². The molecule has 2 aromatic carbocycles. The lowest BCUT2D eigenvalue weighted by molar-refractivity contribution is 1.38. The topological polar surface area (TPSA) is 15.8 Å². The predicted molar refractivity (Wildman–Crippen MR) is 73.0 cm³/mol. The zero-order valence-corrected chi connectivity index (χ0v) is 9.38. The Balaban J connectivity index is 2.24. The lowest BCUT2D eigenvalue weighted by Gasteiger charge is -2.21. The molecule has 0 radical (unpaired) electrons. The fourth-order valence-electron chi connectivity index (χ4n) is 2.79. The van der Waals surface area contributed by atoms with E-state index in [0.29, 0.717) is 0 Å². The van der Waals surface area contributed by atoms with Gasteiger partial charge >= 0.3 is 0 Å². The average Bonchev–Trinajstić information content (AvgIpc) is 2.61. The summed E-state index contributed by atoms with van der Waals surface area (Å²) in [5, 5.41) is 3.45. The van der Waals surface area contributed by atoms with Gasteiger partial charge in [-0.15, -0.1) is 0 Å². The van der Waals surface area contributed by atoms with E-state index >= 15 is 0 Å². The molecule has 1 heterocycles. The van der Waals surface area contributed by atoms with E-state index in [0.717, 1.165) is 10.4 Å². The van der Waals surface area contributed by atoms with Crippen molar-refractivity contribution in [3.63, 3.8) is 0 Å². The van der Waals surface area contributed by atoms with Gasteiger partial charge in [-0.1, -0.05) is 43.5 Å². The molecule has 0 atom stereocenters. The summed E-state index contributed by atoms with van der Waals surface area (Å²) >= 11 is 0. The van der Waals surface area contributed by atoms with Crippen LogP contribution >= 0.6 is 0 Å². The minimum absolute atomic E-state index is 1.08. The summed E-state index contributed by atoms with van der Waals surface area (Å²) in [5.74, 6) is 0. The van der Waals surface area contributed by atoms with Crippen LogP contribution in [0.4, 0.5) is 0 Å². The third kappa shape index (κ3) is 0.902. The second-order valence-electron chi connectivity index (χ2n) is 4.55. The maximum atomic E-state index is 4.12. The van der Waals surface area contributed by atoms with Crippen LogP contribution in [-0.4, -0.2) is 4.98 Å². The van der Waals surface area contributed by atoms with Crippen molar-refractivity contribution in [2.45, 2.75) is 0 Å². The second-order valence-corrected chi connectivity index (χ2v) is 4.55. The lowest BCUT2D eigenvalue weighted by atomic mass is 9.82. The average molecular weight is 217 g/mol. The van der Waals surface area contributed by atoms with Crippen LogP contribution in [0.5, 0.6) is 0 Å². The molecule has 1 aliphatic carbocycles. The molecular weight excluding hydrogens is 206 g/mol. The molecule has 1 N–H and O–H groups in total. The number of nitrogens with one attached hydrogen (secondary N) is 1. The van der Waals surface area contributed by atoms with Crippen molar-refractivity contribution in [2.75, 3.05) is 0 Å². The standard InChI is InChI=1S/C16H11N/c1-9-7-8-10(2)14-13(9)15-11-5-3-4-6-12(11)17-16(14)15/h3-8,17H,1-2H2. The Kier molecular flexibility index (Phi) is 1.40. The van der Waals surface area contributed by atoms with E-state index in [-0.39, 0.29) is 0 Å². The van der Waals surface area contributed by atoms with E-state index in [1.165, 1.54) is 33.3 Å². The van der Waals surface area contributed by atoms with Gasteiger partial charge in [0.2, 0.25) is 0 Å². The monoisotopic (exact) mass is 217 g/mol. The molecule has 3 aromatic rings. The van der Waals surface area contributed by atoms with Crippen molar-refractivity contribution in [3.05, 3.63) is 46.8 Å². The van der Waals surface area contributed by atoms with Crippen molar-refractivity contribution in [1.82, 2.24) is 4.98 Å². The Morgan fingerprint density at radius 1 is 0.765 bits per heavy atom. The summed E-state index contributed by atoms with van der Waals surface area (Å²) in [6.45, 7) is 8.21. The maximum absolute atomic E-state index is 4.12. The van der Waals surface area contributed by atoms with Crippen LogP contribution in [0.1, 0.15) is 0 Å². The van der Waals surface area contributed by atoms with Crippen LogP contribution in [0.2, 0.25) is 0 Å². The predicted octanol–water partition coefficient (Wildman–Crippen LogP) is 2.64. The molecule has 1 aromatic heterocycles. The van der Waals surface area contributed by atoms with E-state index in [4.69, 9.17) is 0 Å². The maximum Gasteiger partial charge on any atom is 0.0557 e. The first-order valence-electron chi connectivity index (χ1n) is 5.70. The molecule has 1 aliphatic rings. The third-order valence-electron chi connectivity index (χ3n) is 3.58. The fourth-order valence-corrected chi connectivity index (χ4v) is 2.79. The minimum Gasteiger partial charge on any atom is -0.354 e. The summed E-state index contributed by atoms with van der Waals surface area (Å²) < 4.78 is 0. The molecule has 0 unspecified atom stereocenters. The molecule has 0 aliphatic heterocycles. The largest absolute Gasteiger partial charge is 0.354 e. The quantitative estimate of drug-likeness (QED) is 0.466. The van der Waals surface area contributed by atoms with Gasteiger partial charge in [0.15, 0.2) is 0 Å². The summed E-state index contributed by atoms with van der Waals surface area (Å²) in [4.78, 5) is 3.47. The first-order chi connectivity index (χ1) is 8.27. The van der Waals surface area contributed by atoms with Crippen molar-refractivity contribution in [1.29, 1.82) is 0 Å². The minimum atomic E-state index is 1.08. The molecule has 0 saturated heterocycles. The van der Waals surface area contributed by atoms with Crippen molar-refractivity contribution in [2.24, 2.45) is 0 Å². The van der Waals surface area contributed by atoms with Gasteiger partial charge in [0.1, 0.15) is 0 Å². The van der Waals surface area contributed by atoms with Crippen LogP contribution in [0.25, 0.3) is 46.4 Å². The van der Waals surface area contributed by atoms with E-state index in [2.05, 4.69) is 42.4 Å². The molecule has 4 rings (SSSR count). The normalized spacial score (nSPS) is 12.0. The number of aromatic nitrogens is 1. The number of fused-ring (bicyclic) bond motifs is 6. The number of H-pyrrole nitrogens is 1. The summed E-state index contributed by atoms with van der Waals surface area (Å²) in [6, 6.07) is 12.5. The molecule has 1 heteroatoms. The molecule has 80 valence electrons. The Morgan fingerprint density at radius 2 is 1.47 bits per heavy atom. The van der Waals surface area contributed by atoms with Gasteiger partial charge in [-0.25, -0.2) is 0 Å². The third-order valence-corrected chi connectivity index (χ3v) is 3.58. The van der Waals surface area contributed by atoms with Gasteiger partial charge in [-0.2, -0.15) is 0 Å². The van der Waals surface area contributed by atoms with E-state index in [9.17, 15) is 0 Å². The van der Waals surface area contributed by atoms with Crippen LogP contribution in [0.15, 0.2) is 36.4 Å². The SMILES string of the molecule is C=c1ccc(=C)c2c1-c1[nH]c3ccccc3c1-2. The summed E-state index contributed by atoms with van der Waals surface area (Å²) in [6.07, 6.45) is 0. The molecule has 1 nitrogen and oxygen atoms in total. The Bertz CT molecular complexity index is 868. The molecular formula is C16H11N. The van der Waals surface area contributed by atoms with Crippen LogP contribution in [0, 0.1) is 0 Å². The molecule has 0 spiro atoms. The second kappa shape index (κ2) is 2.69. The van der Waals surface area contributed by atoms with Crippen molar-refractivity contribution >= 4 is 24.1 Å². The first-order valence-corrected chi connectivity index (χ1v) is 5.70. The smallest absolute Gasteiger partial charge is 0.0557 e. The van der Waals surface area contributed by atoms with Gasteiger partial charge in [0.25, 0.3) is 0 Å². The number of para-hydroxylation sites is 1.